The van der Waals surface area contributed by atoms with Crippen LogP contribution in [0.5, 0.6) is 0 Å². The molecular formula is C16H24N2O3S. The lowest BCUT2D eigenvalue weighted by Crippen LogP contribution is -2.62. The summed E-state index contributed by atoms with van der Waals surface area (Å²) >= 11 is 1.55. The van der Waals surface area contributed by atoms with Crippen molar-refractivity contribution in [3.63, 3.8) is 0 Å². The molecule has 1 aromatic heterocycles. The number of nitrogens with one attached hydrogen (secondary N) is 1. The number of hydrogen-bond acceptors (Lipinski definition) is 5. The number of piperidine rings is 1. The summed E-state index contributed by atoms with van der Waals surface area (Å²) in [5.74, 6) is 0.115. The molecule has 3 heterocycles. The van der Waals surface area contributed by atoms with Crippen LogP contribution in [0.15, 0.2) is 16.8 Å². The minimum atomic E-state index is -0.830. The van der Waals surface area contributed by atoms with E-state index in [4.69, 9.17) is 4.74 Å². The largest absolute Gasteiger partial charge is 0.386 e. The van der Waals surface area contributed by atoms with Crippen LogP contribution in [0.4, 0.5) is 0 Å². The number of rotatable bonds is 2. The molecule has 3 rings (SSSR count). The lowest BCUT2D eigenvalue weighted by atomic mass is 9.77. The molecule has 2 saturated heterocycles. The number of likely N-dealkylation sites (N-methyl/N-ethyl adjacent to an activating group) is 1. The molecule has 0 bridgehead atoms. The predicted octanol–water partition coefficient (Wildman–Crippen LogP) is 1.48. The fraction of sp³-hybridized carbons (Fsp3) is 0.688. The van der Waals surface area contributed by atoms with Gasteiger partial charge in [-0.25, -0.2) is 0 Å². The third-order valence-corrected chi connectivity index (χ3v) is 5.76. The molecule has 0 saturated carbocycles. The van der Waals surface area contributed by atoms with E-state index in [1.165, 1.54) is 0 Å². The van der Waals surface area contributed by atoms with Crippen LogP contribution in [0.25, 0.3) is 0 Å². The van der Waals surface area contributed by atoms with Crippen molar-refractivity contribution in [1.29, 1.82) is 0 Å². The lowest BCUT2D eigenvalue weighted by molar-refractivity contribution is -0.189. The van der Waals surface area contributed by atoms with Crippen molar-refractivity contribution < 1.29 is 14.6 Å². The van der Waals surface area contributed by atoms with Gasteiger partial charge in [0.1, 0.15) is 5.60 Å². The minimum Gasteiger partial charge on any atom is -0.386 e. The monoisotopic (exact) mass is 324 g/mol. The van der Waals surface area contributed by atoms with E-state index in [9.17, 15) is 9.90 Å². The Hall–Kier alpha value is -0.950. The normalized spacial score (nSPS) is 31.4. The fourth-order valence-electron chi connectivity index (χ4n) is 3.50. The molecule has 5 nitrogen and oxygen atoms in total. The molecule has 2 N–H and O–H groups in total. The van der Waals surface area contributed by atoms with Crippen molar-refractivity contribution in [2.24, 2.45) is 0 Å². The molecule has 122 valence electrons. The molecule has 0 radical (unpaired) electrons. The Kier molecular flexibility index (Phi) is 4.29. The van der Waals surface area contributed by atoms with Gasteiger partial charge in [-0.2, -0.15) is 11.3 Å². The van der Waals surface area contributed by atoms with Gasteiger partial charge in [0.05, 0.1) is 17.8 Å². The molecule has 2 aliphatic heterocycles. The van der Waals surface area contributed by atoms with Gasteiger partial charge in [-0.15, -0.1) is 0 Å². The number of amides is 1. The van der Waals surface area contributed by atoms with Crippen LogP contribution in [0.3, 0.4) is 0 Å². The molecule has 22 heavy (non-hydrogen) atoms. The number of hydrogen-bond donors (Lipinski definition) is 2. The van der Waals surface area contributed by atoms with Crippen LogP contribution in [0, 0.1) is 0 Å². The number of thiophene rings is 1. The van der Waals surface area contributed by atoms with Crippen molar-refractivity contribution in [3.8, 4) is 0 Å². The smallest absolute Gasteiger partial charge is 0.254 e. The van der Waals surface area contributed by atoms with Gasteiger partial charge in [0.25, 0.3) is 5.91 Å². The molecule has 6 heteroatoms. The summed E-state index contributed by atoms with van der Waals surface area (Å²) in [5, 5.41) is 17.4. The number of ether oxygens (including phenoxy) is 1. The minimum absolute atomic E-state index is 0.0281. The van der Waals surface area contributed by atoms with E-state index in [0.717, 1.165) is 24.8 Å². The van der Waals surface area contributed by atoms with E-state index in [-0.39, 0.29) is 17.6 Å². The Bertz CT molecular complexity index is 522. The van der Waals surface area contributed by atoms with Gasteiger partial charge in [0, 0.05) is 24.5 Å². The number of aliphatic hydroxyl groups is 1. The van der Waals surface area contributed by atoms with Gasteiger partial charge in [-0.3, -0.25) is 4.79 Å². The van der Waals surface area contributed by atoms with Crippen molar-refractivity contribution in [2.45, 2.75) is 43.4 Å². The number of nitrogens with zero attached hydrogens (tertiary/aromatic N) is 1. The van der Waals surface area contributed by atoms with E-state index in [0.29, 0.717) is 19.7 Å². The van der Waals surface area contributed by atoms with Crippen LogP contribution >= 0.6 is 11.3 Å². The molecule has 0 aromatic carbocycles. The molecule has 2 aliphatic rings. The predicted molar refractivity (Wildman–Crippen MR) is 86.2 cm³/mol. The van der Waals surface area contributed by atoms with Crippen LogP contribution < -0.4 is 5.32 Å². The number of carbonyl (C=O) groups is 1. The van der Waals surface area contributed by atoms with E-state index >= 15 is 0 Å². The second-order valence-corrected chi connectivity index (χ2v) is 7.46. The van der Waals surface area contributed by atoms with Crippen molar-refractivity contribution >= 4 is 17.2 Å². The first kappa shape index (κ1) is 15.9. The molecule has 0 aliphatic carbocycles. The molecular weight excluding hydrogens is 300 g/mol. The zero-order valence-electron chi connectivity index (χ0n) is 13.2. The Labute approximate surface area is 135 Å². The Balaban J connectivity index is 1.63. The first-order valence-electron chi connectivity index (χ1n) is 7.81. The second-order valence-electron chi connectivity index (χ2n) is 6.68. The summed E-state index contributed by atoms with van der Waals surface area (Å²) < 4.78 is 6.05. The maximum Gasteiger partial charge on any atom is 0.254 e. The van der Waals surface area contributed by atoms with E-state index in [2.05, 4.69) is 5.32 Å². The maximum absolute atomic E-state index is 12.4. The summed E-state index contributed by atoms with van der Waals surface area (Å²) in [6.45, 7) is 3.59. The topological polar surface area (TPSA) is 61.8 Å². The zero-order valence-corrected chi connectivity index (χ0v) is 14.0. The van der Waals surface area contributed by atoms with Crippen LogP contribution in [-0.4, -0.2) is 59.9 Å². The lowest BCUT2D eigenvalue weighted by Gasteiger charge is -2.50. The summed E-state index contributed by atoms with van der Waals surface area (Å²) in [4.78, 5) is 14.3. The molecule has 0 unspecified atom stereocenters. The highest BCUT2D eigenvalue weighted by molar-refractivity contribution is 7.08. The highest BCUT2D eigenvalue weighted by Crippen LogP contribution is 2.38. The molecule has 1 amide bonds. The van der Waals surface area contributed by atoms with Crippen LogP contribution in [0.1, 0.15) is 36.5 Å². The van der Waals surface area contributed by atoms with Gasteiger partial charge >= 0.3 is 0 Å². The zero-order chi connectivity index (χ0) is 15.8. The van der Waals surface area contributed by atoms with E-state index < -0.39 is 5.60 Å². The molecule has 1 spiro atoms. The summed E-state index contributed by atoms with van der Waals surface area (Å²) in [6, 6.07) is 1.91. The van der Waals surface area contributed by atoms with Crippen molar-refractivity contribution in [1.82, 2.24) is 10.2 Å². The van der Waals surface area contributed by atoms with Crippen molar-refractivity contribution in [3.05, 3.63) is 22.4 Å². The standard InChI is InChI=1S/C16H24N2O3S/c1-15(20)11-21-16(9-13(15)17-2)4-6-18(7-5-16)14(19)12-3-8-22-10-12/h3,8,10,13,17,20H,4-7,9,11H2,1-2H3/t13-,15-/m0/s1. The molecule has 1 aromatic rings. The average molecular weight is 324 g/mol. The SMILES string of the molecule is CN[C@H]1CC2(CCN(C(=O)c3ccsc3)CC2)OC[C@]1(C)O. The van der Waals surface area contributed by atoms with Gasteiger partial charge in [-0.05, 0) is 44.7 Å². The molecule has 2 fully saturated rings. The Morgan fingerprint density at radius 1 is 1.50 bits per heavy atom. The van der Waals surface area contributed by atoms with E-state index in [1.807, 2.05) is 35.7 Å². The number of likely N-dealkylation sites (tertiary alicyclic amines) is 1. The highest BCUT2D eigenvalue weighted by atomic mass is 32.1. The molecule has 2 atom stereocenters. The second kappa shape index (κ2) is 5.92. The number of carbonyl (C=O) groups excluding carboxylic acids is 1. The van der Waals surface area contributed by atoms with Gasteiger partial charge < -0.3 is 20.1 Å². The first-order valence-corrected chi connectivity index (χ1v) is 8.75. The third-order valence-electron chi connectivity index (χ3n) is 5.08. The Morgan fingerprint density at radius 3 is 2.82 bits per heavy atom. The van der Waals surface area contributed by atoms with Crippen LogP contribution in [-0.2, 0) is 4.74 Å². The van der Waals surface area contributed by atoms with E-state index in [1.54, 1.807) is 11.3 Å². The third kappa shape index (κ3) is 2.93. The van der Waals surface area contributed by atoms with Gasteiger partial charge in [0.2, 0.25) is 0 Å². The summed E-state index contributed by atoms with van der Waals surface area (Å²) in [6.07, 6.45) is 2.45. The highest BCUT2D eigenvalue weighted by Gasteiger charge is 2.48. The first-order chi connectivity index (χ1) is 10.5. The maximum atomic E-state index is 12.4. The van der Waals surface area contributed by atoms with Crippen LogP contribution in [0.2, 0.25) is 0 Å². The summed E-state index contributed by atoms with van der Waals surface area (Å²) in [5.41, 5.74) is -0.258. The van der Waals surface area contributed by atoms with Gasteiger partial charge in [0.15, 0.2) is 0 Å². The Morgan fingerprint density at radius 2 is 2.23 bits per heavy atom. The quantitative estimate of drug-likeness (QED) is 0.865. The fourth-order valence-corrected chi connectivity index (χ4v) is 4.13. The average Bonchev–Trinajstić information content (AvgIpc) is 3.04. The summed E-state index contributed by atoms with van der Waals surface area (Å²) in [7, 11) is 1.88. The van der Waals surface area contributed by atoms with Gasteiger partial charge in [-0.1, -0.05) is 0 Å². The van der Waals surface area contributed by atoms with Crippen molar-refractivity contribution in [2.75, 3.05) is 26.7 Å².